The highest BCUT2D eigenvalue weighted by Gasteiger charge is 2.18. The minimum Gasteiger partial charge on any atom is -0.352 e. The molecule has 0 radical (unpaired) electrons. The van der Waals surface area contributed by atoms with E-state index in [1.54, 1.807) is 48.5 Å². The van der Waals surface area contributed by atoms with Gasteiger partial charge in [0.2, 0.25) is 0 Å². The van der Waals surface area contributed by atoms with Crippen LogP contribution >= 0.6 is 0 Å². The summed E-state index contributed by atoms with van der Waals surface area (Å²) in [6.07, 6.45) is 3.38. The zero-order chi connectivity index (χ0) is 20.0. The smallest absolute Gasteiger partial charge is 0.261 e. The van der Waals surface area contributed by atoms with E-state index in [-0.39, 0.29) is 16.5 Å². The minimum absolute atomic E-state index is 0.166. The van der Waals surface area contributed by atoms with Gasteiger partial charge in [-0.2, -0.15) is 0 Å². The molecular formula is C21H27N3O3S. The first-order valence-corrected chi connectivity index (χ1v) is 11.1. The topological polar surface area (TPSA) is 78.5 Å². The largest absolute Gasteiger partial charge is 0.352 e. The van der Waals surface area contributed by atoms with Crippen molar-refractivity contribution in [1.29, 1.82) is 0 Å². The van der Waals surface area contributed by atoms with Crippen LogP contribution in [0.3, 0.4) is 0 Å². The summed E-state index contributed by atoms with van der Waals surface area (Å²) in [7, 11) is -3.76. The van der Waals surface area contributed by atoms with Crippen LogP contribution in [0.2, 0.25) is 0 Å². The predicted octanol–water partition coefficient (Wildman–Crippen LogP) is 3.01. The van der Waals surface area contributed by atoms with Gasteiger partial charge in [-0.3, -0.25) is 9.52 Å². The second kappa shape index (κ2) is 9.21. The van der Waals surface area contributed by atoms with E-state index >= 15 is 0 Å². The number of amides is 1. The molecule has 0 bridgehead atoms. The number of carbonyl (C=O) groups is 1. The number of carbonyl (C=O) groups excluding carboxylic acids is 1. The van der Waals surface area contributed by atoms with Crippen molar-refractivity contribution in [2.75, 3.05) is 30.9 Å². The van der Waals surface area contributed by atoms with Gasteiger partial charge < -0.3 is 10.2 Å². The molecule has 150 valence electrons. The van der Waals surface area contributed by atoms with Crippen molar-refractivity contribution >= 4 is 21.6 Å². The number of benzene rings is 2. The SMILES string of the molecule is Cc1ccc(S(=O)(=O)Nc2ccccc2C(=O)NCCCN2CCCC2)cc1. The number of aryl methyl sites for hydroxylation is 1. The number of likely N-dealkylation sites (tertiary alicyclic amines) is 1. The summed E-state index contributed by atoms with van der Waals surface area (Å²) in [4.78, 5) is 15.1. The molecule has 0 atom stereocenters. The van der Waals surface area contributed by atoms with Crippen molar-refractivity contribution < 1.29 is 13.2 Å². The van der Waals surface area contributed by atoms with E-state index in [4.69, 9.17) is 0 Å². The maximum absolute atomic E-state index is 12.6. The summed E-state index contributed by atoms with van der Waals surface area (Å²) in [5.41, 5.74) is 1.58. The van der Waals surface area contributed by atoms with Crippen LogP contribution in [0, 0.1) is 6.92 Å². The highest BCUT2D eigenvalue weighted by molar-refractivity contribution is 7.92. The average Bonchev–Trinajstić information content (AvgIpc) is 3.19. The lowest BCUT2D eigenvalue weighted by molar-refractivity contribution is 0.0953. The van der Waals surface area contributed by atoms with E-state index in [2.05, 4.69) is 14.9 Å². The van der Waals surface area contributed by atoms with Gasteiger partial charge in [-0.05, 0) is 70.1 Å². The molecule has 1 saturated heterocycles. The molecule has 3 rings (SSSR count). The number of nitrogens with one attached hydrogen (secondary N) is 2. The van der Waals surface area contributed by atoms with E-state index in [9.17, 15) is 13.2 Å². The second-order valence-corrected chi connectivity index (χ2v) is 8.80. The molecule has 1 fully saturated rings. The monoisotopic (exact) mass is 401 g/mol. The Morgan fingerprint density at radius 2 is 1.71 bits per heavy atom. The van der Waals surface area contributed by atoms with Gasteiger partial charge in [0.1, 0.15) is 0 Å². The molecule has 1 heterocycles. The molecule has 2 N–H and O–H groups in total. The summed E-state index contributed by atoms with van der Waals surface area (Å²) >= 11 is 0. The molecule has 7 heteroatoms. The third-order valence-electron chi connectivity index (χ3n) is 4.88. The third kappa shape index (κ3) is 5.33. The van der Waals surface area contributed by atoms with Crippen LogP contribution in [0.25, 0.3) is 0 Å². The van der Waals surface area contributed by atoms with E-state index in [1.807, 2.05) is 6.92 Å². The van der Waals surface area contributed by atoms with Crippen LogP contribution in [0.15, 0.2) is 53.4 Å². The van der Waals surface area contributed by atoms with Crippen molar-refractivity contribution in [2.45, 2.75) is 31.1 Å². The van der Waals surface area contributed by atoms with Gasteiger partial charge in [-0.1, -0.05) is 29.8 Å². The first kappa shape index (κ1) is 20.4. The first-order valence-electron chi connectivity index (χ1n) is 9.65. The van der Waals surface area contributed by atoms with Gasteiger partial charge in [-0.15, -0.1) is 0 Å². The molecule has 0 spiro atoms. The van der Waals surface area contributed by atoms with Crippen molar-refractivity contribution in [3.05, 3.63) is 59.7 Å². The van der Waals surface area contributed by atoms with E-state index in [1.165, 1.54) is 12.8 Å². The Labute approximate surface area is 167 Å². The van der Waals surface area contributed by atoms with Crippen LogP contribution in [0.1, 0.15) is 35.2 Å². The second-order valence-electron chi connectivity index (χ2n) is 7.12. The number of para-hydroxylation sites is 1. The number of anilines is 1. The minimum atomic E-state index is -3.76. The summed E-state index contributed by atoms with van der Waals surface area (Å²) in [5.74, 6) is -0.274. The number of sulfonamides is 1. The van der Waals surface area contributed by atoms with Gasteiger partial charge in [0.15, 0.2) is 0 Å². The average molecular weight is 402 g/mol. The fourth-order valence-corrected chi connectivity index (χ4v) is 4.38. The predicted molar refractivity (Wildman–Crippen MR) is 111 cm³/mol. The van der Waals surface area contributed by atoms with E-state index in [0.29, 0.717) is 12.1 Å². The molecule has 1 aliphatic heterocycles. The molecule has 0 aromatic heterocycles. The number of hydrogen-bond donors (Lipinski definition) is 2. The molecule has 0 saturated carbocycles. The van der Waals surface area contributed by atoms with Gasteiger partial charge >= 0.3 is 0 Å². The normalized spacial score (nSPS) is 14.8. The van der Waals surface area contributed by atoms with Crippen LogP contribution in [0.4, 0.5) is 5.69 Å². The molecule has 2 aromatic carbocycles. The highest BCUT2D eigenvalue weighted by atomic mass is 32.2. The summed E-state index contributed by atoms with van der Waals surface area (Å²) in [6, 6.07) is 13.3. The van der Waals surface area contributed by atoms with Crippen LogP contribution < -0.4 is 10.0 Å². The van der Waals surface area contributed by atoms with Crippen molar-refractivity contribution in [3.8, 4) is 0 Å². The Morgan fingerprint density at radius 1 is 1.04 bits per heavy atom. The standard InChI is InChI=1S/C21H27N3O3S/c1-17-9-11-18(12-10-17)28(26,27)23-20-8-3-2-7-19(20)21(25)22-13-6-16-24-14-4-5-15-24/h2-3,7-12,23H,4-6,13-16H2,1H3,(H,22,25). The van der Waals surface area contributed by atoms with E-state index < -0.39 is 10.0 Å². The molecule has 2 aromatic rings. The van der Waals surface area contributed by atoms with Crippen LogP contribution in [-0.4, -0.2) is 45.4 Å². The van der Waals surface area contributed by atoms with Gasteiger partial charge in [0, 0.05) is 6.54 Å². The molecule has 0 unspecified atom stereocenters. The highest BCUT2D eigenvalue weighted by Crippen LogP contribution is 2.20. The van der Waals surface area contributed by atoms with Crippen molar-refractivity contribution in [1.82, 2.24) is 10.2 Å². The maximum atomic E-state index is 12.6. The molecule has 1 aliphatic rings. The molecule has 28 heavy (non-hydrogen) atoms. The quantitative estimate of drug-likeness (QED) is 0.667. The number of rotatable bonds is 8. The zero-order valence-electron chi connectivity index (χ0n) is 16.1. The summed E-state index contributed by atoms with van der Waals surface area (Å²) < 4.78 is 27.8. The molecule has 1 amide bonds. The fourth-order valence-electron chi connectivity index (χ4n) is 3.30. The Hall–Kier alpha value is -2.38. The van der Waals surface area contributed by atoms with Crippen LogP contribution in [-0.2, 0) is 10.0 Å². The van der Waals surface area contributed by atoms with Gasteiger partial charge in [-0.25, -0.2) is 8.42 Å². The van der Waals surface area contributed by atoms with Crippen molar-refractivity contribution in [2.24, 2.45) is 0 Å². The Kier molecular flexibility index (Phi) is 6.70. The number of nitrogens with zero attached hydrogens (tertiary/aromatic N) is 1. The van der Waals surface area contributed by atoms with E-state index in [0.717, 1.165) is 31.6 Å². The lowest BCUT2D eigenvalue weighted by atomic mass is 10.1. The third-order valence-corrected chi connectivity index (χ3v) is 6.26. The van der Waals surface area contributed by atoms with Crippen LogP contribution in [0.5, 0.6) is 0 Å². The fraction of sp³-hybridized carbons (Fsp3) is 0.381. The molecule has 6 nitrogen and oxygen atoms in total. The summed E-state index contributed by atoms with van der Waals surface area (Å²) in [5, 5.41) is 2.90. The maximum Gasteiger partial charge on any atom is 0.261 e. The van der Waals surface area contributed by atoms with Gasteiger partial charge in [0.05, 0.1) is 16.1 Å². The Balaban J connectivity index is 1.63. The lowest BCUT2D eigenvalue weighted by Gasteiger charge is -2.15. The number of hydrogen-bond acceptors (Lipinski definition) is 4. The summed E-state index contributed by atoms with van der Waals surface area (Å²) in [6.45, 7) is 5.71. The van der Waals surface area contributed by atoms with Gasteiger partial charge in [0.25, 0.3) is 15.9 Å². The Morgan fingerprint density at radius 3 is 2.43 bits per heavy atom. The first-order chi connectivity index (χ1) is 13.5. The molecule has 0 aliphatic carbocycles. The Bertz CT molecular complexity index is 905. The zero-order valence-corrected chi connectivity index (χ0v) is 17.0. The molecular weight excluding hydrogens is 374 g/mol. The lowest BCUT2D eigenvalue weighted by Crippen LogP contribution is -2.29. The van der Waals surface area contributed by atoms with Crippen molar-refractivity contribution in [3.63, 3.8) is 0 Å².